The Balaban J connectivity index is 2.01. The molecular formula is C16H13BrFN3. The molecule has 1 saturated carbocycles. The van der Waals surface area contributed by atoms with Crippen LogP contribution >= 0.6 is 15.9 Å². The first-order chi connectivity index (χ1) is 10.1. The molecule has 21 heavy (non-hydrogen) atoms. The molecule has 0 unspecified atom stereocenters. The van der Waals surface area contributed by atoms with Gasteiger partial charge in [-0.15, -0.1) is 0 Å². The van der Waals surface area contributed by atoms with Crippen molar-refractivity contribution in [3.63, 3.8) is 0 Å². The monoisotopic (exact) mass is 345 g/mol. The maximum Gasteiger partial charge on any atom is 0.144 e. The average Bonchev–Trinajstić information content (AvgIpc) is 3.20. The molecular weight excluding hydrogens is 333 g/mol. The molecule has 0 aliphatic heterocycles. The normalized spacial score (nSPS) is 14.8. The van der Waals surface area contributed by atoms with Gasteiger partial charge in [-0.1, -0.05) is 15.9 Å². The van der Waals surface area contributed by atoms with E-state index in [-0.39, 0.29) is 5.82 Å². The van der Waals surface area contributed by atoms with Crippen molar-refractivity contribution in [1.29, 1.82) is 0 Å². The Morgan fingerprint density at radius 2 is 2.00 bits per heavy atom. The van der Waals surface area contributed by atoms with Gasteiger partial charge in [-0.2, -0.15) is 0 Å². The third-order valence-corrected chi connectivity index (χ3v) is 4.29. The van der Waals surface area contributed by atoms with Gasteiger partial charge in [0.1, 0.15) is 11.6 Å². The van der Waals surface area contributed by atoms with E-state index in [9.17, 15) is 4.39 Å². The predicted octanol–water partition coefficient (Wildman–Crippen LogP) is 4.52. The highest BCUT2D eigenvalue weighted by molar-refractivity contribution is 9.10. The summed E-state index contributed by atoms with van der Waals surface area (Å²) in [5.74, 6) is 0.356. The zero-order chi connectivity index (χ0) is 14.6. The number of benzene rings is 2. The van der Waals surface area contributed by atoms with E-state index in [0.717, 1.165) is 28.3 Å². The van der Waals surface area contributed by atoms with Crippen LogP contribution in [0.5, 0.6) is 0 Å². The number of nitrogens with two attached hydrogens (primary N) is 1. The predicted molar refractivity (Wildman–Crippen MR) is 85.5 cm³/mol. The van der Waals surface area contributed by atoms with Crippen molar-refractivity contribution in [1.82, 2.24) is 9.55 Å². The Morgan fingerprint density at radius 3 is 2.71 bits per heavy atom. The van der Waals surface area contributed by atoms with Crippen LogP contribution in [-0.2, 0) is 0 Å². The summed E-state index contributed by atoms with van der Waals surface area (Å²) in [7, 11) is 0. The van der Waals surface area contributed by atoms with Gasteiger partial charge in [0.25, 0.3) is 0 Å². The molecule has 0 amide bonds. The van der Waals surface area contributed by atoms with Crippen LogP contribution in [0.25, 0.3) is 22.4 Å². The first-order valence-corrected chi connectivity index (χ1v) is 7.65. The smallest absolute Gasteiger partial charge is 0.144 e. The van der Waals surface area contributed by atoms with E-state index in [0.29, 0.717) is 23.1 Å². The second-order valence-electron chi connectivity index (χ2n) is 5.41. The van der Waals surface area contributed by atoms with E-state index < -0.39 is 0 Å². The van der Waals surface area contributed by atoms with Crippen LogP contribution in [0.15, 0.2) is 40.9 Å². The van der Waals surface area contributed by atoms with Gasteiger partial charge in [0.05, 0.1) is 16.6 Å². The van der Waals surface area contributed by atoms with E-state index in [2.05, 4.69) is 25.5 Å². The Kier molecular flexibility index (Phi) is 2.79. The Bertz CT molecular complexity index is 852. The Morgan fingerprint density at radius 1 is 1.19 bits per heavy atom. The fraction of sp³-hybridized carbons (Fsp3) is 0.188. The van der Waals surface area contributed by atoms with Gasteiger partial charge in [-0.3, -0.25) is 0 Å². The molecule has 4 rings (SSSR count). The number of imidazole rings is 1. The fourth-order valence-corrected chi connectivity index (χ4v) is 3.03. The van der Waals surface area contributed by atoms with Crippen molar-refractivity contribution in [2.45, 2.75) is 18.9 Å². The second kappa shape index (κ2) is 4.56. The van der Waals surface area contributed by atoms with Gasteiger partial charge in [-0.25, -0.2) is 9.37 Å². The molecule has 0 radical (unpaired) electrons. The van der Waals surface area contributed by atoms with Crippen molar-refractivity contribution in [3.05, 3.63) is 46.7 Å². The highest BCUT2D eigenvalue weighted by Gasteiger charge is 2.29. The Labute approximate surface area is 129 Å². The number of nitrogens with zero attached hydrogens (tertiary/aromatic N) is 2. The van der Waals surface area contributed by atoms with E-state index >= 15 is 0 Å². The summed E-state index contributed by atoms with van der Waals surface area (Å²) < 4.78 is 17.4. The van der Waals surface area contributed by atoms with Gasteiger partial charge >= 0.3 is 0 Å². The van der Waals surface area contributed by atoms with E-state index in [1.165, 1.54) is 6.07 Å². The lowest BCUT2D eigenvalue weighted by molar-refractivity contribution is 0.628. The summed E-state index contributed by atoms with van der Waals surface area (Å²) in [4.78, 5) is 4.65. The van der Waals surface area contributed by atoms with Crippen molar-refractivity contribution in [3.8, 4) is 11.4 Å². The highest BCUT2D eigenvalue weighted by Crippen LogP contribution is 2.42. The molecule has 2 N–H and O–H groups in total. The molecule has 3 aromatic rings. The van der Waals surface area contributed by atoms with Crippen LogP contribution in [0.2, 0.25) is 0 Å². The van der Waals surface area contributed by atoms with Crippen LogP contribution in [0.1, 0.15) is 18.9 Å². The van der Waals surface area contributed by atoms with Crippen molar-refractivity contribution >= 4 is 32.7 Å². The summed E-state index contributed by atoms with van der Waals surface area (Å²) in [6.07, 6.45) is 2.23. The number of hydrogen-bond donors (Lipinski definition) is 1. The van der Waals surface area contributed by atoms with E-state index in [1.54, 1.807) is 12.1 Å². The van der Waals surface area contributed by atoms with Crippen LogP contribution in [-0.4, -0.2) is 9.55 Å². The zero-order valence-corrected chi connectivity index (χ0v) is 12.8. The minimum atomic E-state index is -0.328. The SMILES string of the molecule is Nc1ccc(-c2nc3cc(Br)ccc3n2C2CC2)c(F)c1. The third-order valence-electron chi connectivity index (χ3n) is 3.80. The largest absolute Gasteiger partial charge is 0.399 e. The molecule has 1 aliphatic carbocycles. The van der Waals surface area contributed by atoms with Gasteiger partial charge in [0.15, 0.2) is 0 Å². The number of hydrogen-bond acceptors (Lipinski definition) is 2. The van der Waals surface area contributed by atoms with Crippen LogP contribution in [0.4, 0.5) is 10.1 Å². The molecule has 3 nitrogen and oxygen atoms in total. The average molecular weight is 346 g/mol. The number of anilines is 1. The minimum Gasteiger partial charge on any atom is -0.399 e. The van der Waals surface area contributed by atoms with Crippen LogP contribution in [0.3, 0.4) is 0 Å². The van der Waals surface area contributed by atoms with Gasteiger partial charge in [-0.05, 0) is 49.2 Å². The highest BCUT2D eigenvalue weighted by atomic mass is 79.9. The molecule has 0 atom stereocenters. The van der Waals surface area contributed by atoms with Crippen molar-refractivity contribution in [2.75, 3.05) is 5.73 Å². The molecule has 106 valence electrons. The summed E-state index contributed by atoms with van der Waals surface area (Å²) in [5.41, 5.74) is 8.49. The lowest BCUT2D eigenvalue weighted by Gasteiger charge is -2.09. The molecule has 1 aliphatic rings. The van der Waals surface area contributed by atoms with Crippen LogP contribution in [0, 0.1) is 5.82 Å². The quantitative estimate of drug-likeness (QED) is 0.693. The van der Waals surface area contributed by atoms with Gasteiger partial charge in [0.2, 0.25) is 0 Å². The summed E-state index contributed by atoms with van der Waals surface area (Å²) >= 11 is 3.46. The lowest BCUT2D eigenvalue weighted by Crippen LogP contribution is -1.99. The number of fused-ring (bicyclic) bond motifs is 1. The summed E-state index contributed by atoms with van der Waals surface area (Å²) in [6.45, 7) is 0. The fourth-order valence-electron chi connectivity index (χ4n) is 2.68. The van der Waals surface area contributed by atoms with Gasteiger partial charge in [0, 0.05) is 16.2 Å². The topological polar surface area (TPSA) is 43.8 Å². The number of rotatable bonds is 2. The maximum atomic E-state index is 14.3. The summed E-state index contributed by atoms with van der Waals surface area (Å²) in [5, 5.41) is 0. The first-order valence-electron chi connectivity index (χ1n) is 6.86. The molecule has 0 saturated heterocycles. The molecule has 0 bridgehead atoms. The Hall–Kier alpha value is -1.88. The number of nitrogen functional groups attached to an aromatic ring is 1. The standard InChI is InChI=1S/C16H13BrFN3/c17-9-1-6-15-14(7-9)20-16(21(15)11-3-4-11)12-5-2-10(19)8-13(12)18/h1-2,5-8,11H,3-4,19H2. The van der Waals surface area contributed by atoms with Gasteiger partial charge < -0.3 is 10.3 Å². The lowest BCUT2D eigenvalue weighted by atomic mass is 10.2. The van der Waals surface area contributed by atoms with E-state index in [1.807, 2.05) is 18.2 Å². The molecule has 5 heteroatoms. The molecule has 0 spiro atoms. The van der Waals surface area contributed by atoms with Crippen LogP contribution < -0.4 is 5.73 Å². The molecule has 1 aromatic heterocycles. The molecule has 1 fully saturated rings. The third kappa shape index (κ3) is 2.12. The molecule has 2 aromatic carbocycles. The number of aromatic nitrogens is 2. The number of halogens is 2. The maximum absolute atomic E-state index is 14.3. The van der Waals surface area contributed by atoms with Crippen molar-refractivity contribution < 1.29 is 4.39 Å². The van der Waals surface area contributed by atoms with E-state index in [4.69, 9.17) is 5.73 Å². The van der Waals surface area contributed by atoms with Crippen molar-refractivity contribution in [2.24, 2.45) is 0 Å². The molecule has 1 heterocycles. The summed E-state index contributed by atoms with van der Waals surface area (Å²) in [6, 6.07) is 11.2. The zero-order valence-electron chi connectivity index (χ0n) is 11.2. The minimum absolute atomic E-state index is 0.328. The first kappa shape index (κ1) is 12.8. The second-order valence-corrected chi connectivity index (χ2v) is 6.32.